The zero-order chi connectivity index (χ0) is 18.7. The second-order valence-electron chi connectivity index (χ2n) is 7.25. The first-order chi connectivity index (χ1) is 12.5. The molecular weight excluding hydrogens is 335 g/mol. The molecule has 0 aromatic heterocycles. The van der Waals surface area contributed by atoms with Crippen LogP contribution in [0.2, 0.25) is 0 Å². The van der Waals surface area contributed by atoms with E-state index in [0.717, 1.165) is 44.0 Å². The lowest BCUT2D eigenvalue weighted by Gasteiger charge is -2.39. The summed E-state index contributed by atoms with van der Waals surface area (Å²) in [6, 6.07) is 4.39. The van der Waals surface area contributed by atoms with Gasteiger partial charge in [-0.05, 0) is 31.7 Å². The van der Waals surface area contributed by atoms with E-state index in [-0.39, 0.29) is 30.4 Å². The van der Waals surface area contributed by atoms with Crippen molar-refractivity contribution in [3.8, 4) is 0 Å². The molecule has 2 amide bonds. The highest BCUT2D eigenvalue weighted by molar-refractivity contribution is 5.76. The normalized spacial score (nSPS) is 20.0. The summed E-state index contributed by atoms with van der Waals surface area (Å²) >= 11 is 0. The molecule has 2 fully saturated rings. The van der Waals surface area contributed by atoms with Gasteiger partial charge in [0.25, 0.3) is 0 Å². The molecule has 0 spiro atoms. The number of likely N-dealkylation sites (tertiary alicyclic amines) is 1. The maximum atomic E-state index is 13.9. The van der Waals surface area contributed by atoms with Crippen molar-refractivity contribution in [2.45, 2.75) is 19.9 Å². The van der Waals surface area contributed by atoms with Crippen LogP contribution in [-0.4, -0.2) is 73.4 Å². The summed E-state index contributed by atoms with van der Waals surface area (Å²) in [7, 11) is 0. The fourth-order valence-electron chi connectivity index (χ4n) is 3.67. The Balaban J connectivity index is 1.68. The SMILES string of the molecule is CCN1CCN(c2ccc(F)cc2C(C)NC(=O)N2CC(CO)C2)CC1. The number of likely N-dealkylation sites (N-methyl/N-ethyl adjacent to an activating group) is 1. The number of urea groups is 1. The highest BCUT2D eigenvalue weighted by atomic mass is 19.1. The number of carbonyl (C=O) groups excluding carboxylic acids is 1. The number of rotatable bonds is 5. The lowest BCUT2D eigenvalue weighted by molar-refractivity contribution is 0.0765. The minimum Gasteiger partial charge on any atom is -0.396 e. The van der Waals surface area contributed by atoms with E-state index in [4.69, 9.17) is 5.11 Å². The molecule has 0 aliphatic carbocycles. The molecule has 7 heteroatoms. The Morgan fingerprint density at radius 3 is 2.62 bits per heavy atom. The number of benzene rings is 1. The Morgan fingerprint density at radius 2 is 2.00 bits per heavy atom. The van der Waals surface area contributed by atoms with Crippen LogP contribution >= 0.6 is 0 Å². The van der Waals surface area contributed by atoms with E-state index in [1.807, 2.05) is 13.0 Å². The van der Waals surface area contributed by atoms with Crippen LogP contribution in [-0.2, 0) is 0 Å². The Kier molecular flexibility index (Phi) is 5.98. The molecule has 1 unspecified atom stereocenters. The number of nitrogens with zero attached hydrogens (tertiary/aromatic N) is 3. The van der Waals surface area contributed by atoms with E-state index in [1.54, 1.807) is 4.90 Å². The lowest BCUT2D eigenvalue weighted by atomic mass is 10.0. The van der Waals surface area contributed by atoms with Gasteiger partial charge in [0.15, 0.2) is 0 Å². The van der Waals surface area contributed by atoms with Crippen LogP contribution in [0.25, 0.3) is 0 Å². The van der Waals surface area contributed by atoms with Gasteiger partial charge in [-0.25, -0.2) is 9.18 Å². The predicted molar refractivity (Wildman–Crippen MR) is 99.8 cm³/mol. The number of anilines is 1. The van der Waals surface area contributed by atoms with Crippen molar-refractivity contribution in [2.24, 2.45) is 5.92 Å². The van der Waals surface area contributed by atoms with Gasteiger partial charge in [-0.3, -0.25) is 0 Å². The largest absolute Gasteiger partial charge is 0.396 e. The van der Waals surface area contributed by atoms with Crippen molar-refractivity contribution in [1.82, 2.24) is 15.1 Å². The number of amides is 2. The highest BCUT2D eigenvalue weighted by Gasteiger charge is 2.31. The molecule has 26 heavy (non-hydrogen) atoms. The molecule has 1 atom stereocenters. The van der Waals surface area contributed by atoms with Gasteiger partial charge in [0, 0.05) is 63.0 Å². The van der Waals surface area contributed by atoms with Gasteiger partial charge < -0.3 is 25.1 Å². The van der Waals surface area contributed by atoms with Gasteiger partial charge in [-0.15, -0.1) is 0 Å². The minimum absolute atomic E-state index is 0.108. The van der Waals surface area contributed by atoms with Crippen molar-refractivity contribution in [2.75, 3.05) is 57.3 Å². The molecule has 144 valence electrons. The number of hydrogen-bond donors (Lipinski definition) is 2. The van der Waals surface area contributed by atoms with Gasteiger partial charge in [-0.2, -0.15) is 0 Å². The number of aliphatic hydroxyl groups is 1. The Labute approximate surface area is 154 Å². The number of carbonyl (C=O) groups is 1. The summed E-state index contributed by atoms with van der Waals surface area (Å²) in [6.07, 6.45) is 0. The first-order valence-corrected chi connectivity index (χ1v) is 9.44. The summed E-state index contributed by atoms with van der Waals surface area (Å²) in [4.78, 5) is 18.7. The first-order valence-electron chi connectivity index (χ1n) is 9.44. The number of piperazine rings is 1. The third kappa shape index (κ3) is 4.10. The predicted octanol–water partition coefficient (Wildman–Crippen LogP) is 1.66. The summed E-state index contributed by atoms with van der Waals surface area (Å²) in [5, 5.41) is 12.1. The van der Waals surface area contributed by atoms with E-state index < -0.39 is 0 Å². The average molecular weight is 364 g/mol. The fourth-order valence-corrected chi connectivity index (χ4v) is 3.67. The fraction of sp³-hybridized carbons (Fsp3) is 0.632. The van der Waals surface area contributed by atoms with Gasteiger partial charge in [0.2, 0.25) is 0 Å². The van der Waals surface area contributed by atoms with Gasteiger partial charge in [-0.1, -0.05) is 6.92 Å². The molecule has 0 radical (unpaired) electrons. The summed E-state index contributed by atoms with van der Waals surface area (Å²) < 4.78 is 13.9. The van der Waals surface area contributed by atoms with Crippen LogP contribution in [0, 0.1) is 11.7 Å². The molecule has 0 bridgehead atoms. The topological polar surface area (TPSA) is 59.0 Å². The van der Waals surface area contributed by atoms with Crippen molar-refractivity contribution in [3.05, 3.63) is 29.6 Å². The molecule has 1 aromatic carbocycles. The van der Waals surface area contributed by atoms with Crippen molar-refractivity contribution < 1.29 is 14.3 Å². The Bertz CT molecular complexity index is 628. The third-order valence-electron chi connectivity index (χ3n) is 5.46. The van der Waals surface area contributed by atoms with Gasteiger partial charge in [0.1, 0.15) is 5.82 Å². The van der Waals surface area contributed by atoms with E-state index in [1.165, 1.54) is 12.1 Å². The Hall–Kier alpha value is -1.86. The second-order valence-corrected chi connectivity index (χ2v) is 7.25. The molecule has 6 nitrogen and oxygen atoms in total. The van der Waals surface area contributed by atoms with Crippen LogP contribution in [0.3, 0.4) is 0 Å². The minimum atomic E-state index is -0.290. The van der Waals surface area contributed by atoms with Crippen LogP contribution in [0.1, 0.15) is 25.5 Å². The zero-order valence-corrected chi connectivity index (χ0v) is 15.6. The molecular formula is C19H29FN4O2. The first kappa shape index (κ1) is 18.9. The van der Waals surface area contributed by atoms with E-state index in [9.17, 15) is 9.18 Å². The molecule has 2 aliphatic heterocycles. The van der Waals surface area contributed by atoms with Gasteiger partial charge in [0.05, 0.1) is 6.04 Å². The molecule has 0 saturated carbocycles. The maximum absolute atomic E-state index is 13.9. The summed E-state index contributed by atoms with van der Waals surface area (Å²) in [6.45, 7) is 10.1. The van der Waals surface area contributed by atoms with Crippen LogP contribution in [0.4, 0.5) is 14.9 Å². The third-order valence-corrected chi connectivity index (χ3v) is 5.46. The van der Waals surface area contributed by atoms with Crippen LogP contribution < -0.4 is 10.2 Å². The zero-order valence-electron chi connectivity index (χ0n) is 15.6. The highest BCUT2D eigenvalue weighted by Crippen LogP contribution is 2.29. The van der Waals surface area contributed by atoms with Crippen LogP contribution in [0.5, 0.6) is 0 Å². The van der Waals surface area contributed by atoms with Crippen molar-refractivity contribution in [1.29, 1.82) is 0 Å². The quantitative estimate of drug-likeness (QED) is 0.834. The number of nitrogens with one attached hydrogen (secondary N) is 1. The standard InChI is InChI=1S/C19H29FN4O2/c1-3-22-6-8-23(9-7-22)18-5-4-16(20)10-17(18)14(2)21-19(26)24-11-15(12-24)13-25/h4-5,10,14-15,25H,3,6-9,11-13H2,1-2H3,(H,21,26). The van der Waals surface area contributed by atoms with E-state index in [0.29, 0.717) is 13.1 Å². The van der Waals surface area contributed by atoms with Crippen molar-refractivity contribution in [3.63, 3.8) is 0 Å². The Morgan fingerprint density at radius 1 is 1.31 bits per heavy atom. The molecule has 2 saturated heterocycles. The molecule has 1 aromatic rings. The second kappa shape index (κ2) is 8.22. The van der Waals surface area contributed by atoms with Crippen LogP contribution in [0.15, 0.2) is 18.2 Å². The smallest absolute Gasteiger partial charge is 0.317 e. The van der Waals surface area contributed by atoms with E-state index in [2.05, 4.69) is 22.0 Å². The number of aliphatic hydroxyl groups excluding tert-OH is 1. The lowest BCUT2D eigenvalue weighted by Crippen LogP contribution is -2.55. The molecule has 2 heterocycles. The average Bonchev–Trinajstić information content (AvgIpc) is 2.61. The molecule has 3 rings (SSSR count). The number of halogens is 1. The number of hydrogen-bond acceptors (Lipinski definition) is 4. The summed E-state index contributed by atoms with van der Waals surface area (Å²) in [5.74, 6) is -0.114. The maximum Gasteiger partial charge on any atom is 0.317 e. The van der Waals surface area contributed by atoms with Gasteiger partial charge >= 0.3 is 6.03 Å². The van der Waals surface area contributed by atoms with E-state index >= 15 is 0 Å². The molecule has 2 N–H and O–H groups in total. The summed E-state index contributed by atoms with van der Waals surface area (Å²) in [5.41, 5.74) is 1.80. The van der Waals surface area contributed by atoms with Crippen molar-refractivity contribution >= 4 is 11.7 Å². The molecule has 2 aliphatic rings. The monoisotopic (exact) mass is 364 g/mol.